The molecule has 0 saturated heterocycles. The molecule has 1 N–H and O–H groups in total. The summed E-state index contributed by atoms with van der Waals surface area (Å²) in [6, 6.07) is 2.10. The monoisotopic (exact) mass is 208 g/mol. The third-order valence-corrected chi connectivity index (χ3v) is 3.49. The Bertz CT molecular complexity index is 299. The Balaban J connectivity index is 2.66. The second kappa shape index (κ2) is 3.84. The molecule has 1 atom stereocenters. The third kappa shape index (κ3) is 2.50. The first kappa shape index (κ1) is 12.0. The summed E-state index contributed by atoms with van der Waals surface area (Å²) in [6.07, 6.45) is 2.92. The van der Waals surface area contributed by atoms with E-state index in [9.17, 15) is 4.79 Å². The molecule has 15 heavy (non-hydrogen) atoms. The molecular weight excluding hydrogens is 188 g/mol. The molecule has 3 heteroatoms. The van der Waals surface area contributed by atoms with Crippen molar-refractivity contribution in [3.05, 3.63) is 0 Å². The number of nitriles is 1. The van der Waals surface area contributed by atoms with Crippen molar-refractivity contribution < 1.29 is 4.79 Å². The maximum atomic E-state index is 11.9. The Hall–Kier alpha value is -1.04. The maximum absolute atomic E-state index is 11.9. The van der Waals surface area contributed by atoms with E-state index in [4.69, 9.17) is 5.26 Å². The molecule has 1 unspecified atom stereocenters. The van der Waals surface area contributed by atoms with Gasteiger partial charge in [-0.15, -0.1) is 0 Å². The fourth-order valence-electron chi connectivity index (χ4n) is 1.63. The van der Waals surface area contributed by atoms with Gasteiger partial charge in [0.2, 0.25) is 5.91 Å². The molecule has 1 fully saturated rings. The molecule has 1 saturated carbocycles. The van der Waals surface area contributed by atoms with Crippen molar-refractivity contribution in [3.8, 4) is 6.07 Å². The lowest BCUT2D eigenvalue weighted by Crippen LogP contribution is -2.50. The summed E-state index contributed by atoms with van der Waals surface area (Å²) < 4.78 is 0. The molecule has 0 heterocycles. The van der Waals surface area contributed by atoms with E-state index in [1.54, 1.807) is 6.92 Å². The Morgan fingerprint density at radius 3 is 2.33 bits per heavy atom. The van der Waals surface area contributed by atoms with E-state index in [0.29, 0.717) is 12.3 Å². The number of rotatable bonds is 4. The minimum absolute atomic E-state index is 0.135. The van der Waals surface area contributed by atoms with E-state index in [-0.39, 0.29) is 11.4 Å². The van der Waals surface area contributed by atoms with Crippen LogP contribution in [0.25, 0.3) is 0 Å². The predicted molar refractivity (Wildman–Crippen MR) is 59.0 cm³/mol. The van der Waals surface area contributed by atoms with Gasteiger partial charge < -0.3 is 5.32 Å². The number of hydrogen-bond acceptors (Lipinski definition) is 2. The number of nitrogens with one attached hydrogen (secondary N) is 1. The van der Waals surface area contributed by atoms with E-state index < -0.39 is 5.41 Å². The highest BCUT2D eigenvalue weighted by Gasteiger charge is 2.42. The molecule has 3 nitrogen and oxygen atoms in total. The zero-order chi connectivity index (χ0) is 11.7. The first-order chi connectivity index (χ1) is 6.85. The molecule has 0 aromatic carbocycles. The van der Waals surface area contributed by atoms with Gasteiger partial charge in [0.1, 0.15) is 5.41 Å². The molecule has 0 bridgehead atoms. The average molecular weight is 208 g/mol. The SMILES string of the molecule is CCC(C)(C#N)C(=O)NC(C)(C)C1CC1. The highest BCUT2D eigenvalue weighted by Crippen LogP contribution is 2.39. The second-order valence-corrected chi connectivity index (χ2v) is 5.25. The standard InChI is InChI=1S/C12H20N2O/c1-5-12(4,8-13)10(15)14-11(2,3)9-6-7-9/h9H,5-7H2,1-4H3,(H,14,15). The molecule has 1 rings (SSSR count). The fourth-order valence-corrected chi connectivity index (χ4v) is 1.63. The van der Waals surface area contributed by atoms with Crippen LogP contribution in [-0.2, 0) is 4.79 Å². The molecule has 0 aromatic heterocycles. The van der Waals surface area contributed by atoms with E-state index in [1.165, 1.54) is 12.8 Å². The Morgan fingerprint density at radius 1 is 1.47 bits per heavy atom. The molecule has 0 radical (unpaired) electrons. The van der Waals surface area contributed by atoms with Crippen molar-refractivity contribution in [1.82, 2.24) is 5.32 Å². The number of amides is 1. The third-order valence-electron chi connectivity index (χ3n) is 3.49. The van der Waals surface area contributed by atoms with Crippen molar-refractivity contribution in [2.75, 3.05) is 0 Å². The quantitative estimate of drug-likeness (QED) is 0.770. The molecule has 84 valence electrons. The summed E-state index contributed by atoms with van der Waals surface area (Å²) in [5.41, 5.74) is -1.05. The average Bonchev–Trinajstić information content (AvgIpc) is 2.99. The molecule has 1 aliphatic rings. The van der Waals surface area contributed by atoms with E-state index >= 15 is 0 Å². The van der Waals surface area contributed by atoms with Crippen LogP contribution >= 0.6 is 0 Å². The van der Waals surface area contributed by atoms with E-state index in [2.05, 4.69) is 11.4 Å². The van der Waals surface area contributed by atoms with Gasteiger partial charge in [-0.1, -0.05) is 6.92 Å². The summed E-state index contributed by atoms with van der Waals surface area (Å²) in [6.45, 7) is 7.64. The topological polar surface area (TPSA) is 52.9 Å². The van der Waals surface area contributed by atoms with Gasteiger partial charge in [-0.25, -0.2) is 0 Å². The van der Waals surface area contributed by atoms with Crippen LogP contribution in [0.4, 0.5) is 0 Å². The van der Waals surface area contributed by atoms with Crippen LogP contribution in [0.1, 0.15) is 47.0 Å². The molecule has 0 aromatic rings. The van der Waals surface area contributed by atoms with Crippen LogP contribution in [0.5, 0.6) is 0 Å². The second-order valence-electron chi connectivity index (χ2n) is 5.25. The van der Waals surface area contributed by atoms with Gasteiger partial charge in [-0.05, 0) is 46.0 Å². The van der Waals surface area contributed by atoms with Gasteiger partial charge in [0.25, 0.3) is 0 Å². The van der Waals surface area contributed by atoms with Crippen LogP contribution in [0.2, 0.25) is 0 Å². The maximum Gasteiger partial charge on any atom is 0.240 e. The summed E-state index contributed by atoms with van der Waals surface area (Å²) >= 11 is 0. The van der Waals surface area contributed by atoms with E-state index in [1.807, 2.05) is 20.8 Å². The largest absolute Gasteiger partial charge is 0.350 e. The summed E-state index contributed by atoms with van der Waals surface area (Å²) in [5, 5.41) is 12.0. The van der Waals surface area contributed by atoms with Gasteiger partial charge >= 0.3 is 0 Å². The lowest BCUT2D eigenvalue weighted by atomic mass is 9.86. The van der Waals surface area contributed by atoms with Crippen molar-refractivity contribution >= 4 is 5.91 Å². The summed E-state index contributed by atoms with van der Waals surface area (Å²) in [5.74, 6) is 0.450. The highest BCUT2D eigenvalue weighted by atomic mass is 16.2. The van der Waals surface area contributed by atoms with Crippen molar-refractivity contribution in [1.29, 1.82) is 5.26 Å². The molecular formula is C12H20N2O. The van der Waals surface area contributed by atoms with Crippen molar-refractivity contribution in [3.63, 3.8) is 0 Å². The highest BCUT2D eigenvalue weighted by molar-refractivity contribution is 5.85. The van der Waals surface area contributed by atoms with Gasteiger partial charge in [0, 0.05) is 5.54 Å². The summed E-state index contributed by atoms with van der Waals surface area (Å²) in [4.78, 5) is 11.9. The number of hydrogen-bond donors (Lipinski definition) is 1. The summed E-state index contributed by atoms with van der Waals surface area (Å²) in [7, 11) is 0. The van der Waals surface area contributed by atoms with Crippen molar-refractivity contribution in [2.24, 2.45) is 11.3 Å². The molecule has 0 aliphatic heterocycles. The number of nitrogens with zero attached hydrogens (tertiary/aromatic N) is 1. The van der Waals surface area contributed by atoms with Gasteiger partial charge in [0.05, 0.1) is 6.07 Å². The number of carbonyl (C=O) groups excluding carboxylic acids is 1. The van der Waals surface area contributed by atoms with Crippen LogP contribution < -0.4 is 5.32 Å². The van der Waals surface area contributed by atoms with Crippen molar-refractivity contribution in [2.45, 2.75) is 52.5 Å². The normalized spacial score (nSPS) is 20.2. The van der Waals surface area contributed by atoms with Crippen LogP contribution in [0.15, 0.2) is 0 Å². The first-order valence-corrected chi connectivity index (χ1v) is 5.59. The Morgan fingerprint density at radius 2 is 2.00 bits per heavy atom. The Labute approximate surface area is 91.9 Å². The van der Waals surface area contributed by atoms with E-state index in [0.717, 1.165) is 0 Å². The van der Waals surface area contributed by atoms with Gasteiger partial charge in [-0.2, -0.15) is 5.26 Å². The molecule has 0 spiro atoms. The zero-order valence-electron chi connectivity index (χ0n) is 10.1. The molecule has 1 aliphatic carbocycles. The van der Waals surface area contributed by atoms with Gasteiger partial charge in [-0.3, -0.25) is 4.79 Å². The predicted octanol–water partition coefficient (Wildman–Crippen LogP) is 2.23. The minimum Gasteiger partial charge on any atom is -0.350 e. The zero-order valence-corrected chi connectivity index (χ0v) is 10.1. The smallest absolute Gasteiger partial charge is 0.240 e. The Kier molecular flexibility index (Phi) is 3.08. The van der Waals surface area contributed by atoms with Crippen LogP contribution in [0, 0.1) is 22.7 Å². The minimum atomic E-state index is -0.883. The fraction of sp³-hybridized carbons (Fsp3) is 0.833. The van der Waals surface area contributed by atoms with Gasteiger partial charge in [0.15, 0.2) is 0 Å². The lowest BCUT2D eigenvalue weighted by Gasteiger charge is -2.30. The first-order valence-electron chi connectivity index (χ1n) is 5.59. The number of carbonyl (C=O) groups is 1. The molecule has 1 amide bonds. The van der Waals surface area contributed by atoms with Crippen LogP contribution in [0.3, 0.4) is 0 Å². The lowest BCUT2D eigenvalue weighted by molar-refractivity contribution is -0.129. The van der Waals surface area contributed by atoms with Crippen LogP contribution in [-0.4, -0.2) is 11.4 Å².